The zero-order chi connectivity index (χ0) is 39.4. The molecule has 15 heteroatoms. The molecule has 2 rings (SSSR count). The first-order valence-electron chi connectivity index (χ1n) is 20.7. The lowest BCUT2D eigenvalue weighted by Gasteiger charge is -2.19. The number of aliphatic hydroxyl groups is 3. The van der Waals surface area contributed by atoms with Crippen LogP contribution in [0.15, 0.2) is 6.20 Å². The third kappa shape index (κ3) is 20.6. The summed E-state index contributed by atoms with van der Waals surface area (Å²) in [5, 5.41) is 39.8. The number of esters is 2. The molecule has 1 aliphatic heterocycles. The molecule has 0 aromatic carbocycles. The van der Waals surface area contributed by atoms with Crippen LogP contribution in [-0.2, 0) is 28.6 Å². The van der Waals surface area contributed by atoms with Crippen LogP contribution in [0.5, 0.6) is 0 Å². The molecule has 0 bridgehead atoms. The molecule has 0 radical (unpaired) electrons. The van der Waals surface area contributed by atoms with Gasteiger partial charge in [0.1, 0.15) is 31.0 Å². The number of rotatable bonds is 33. The summed E-state index contributed by atoms with van der Waals surface area (Å²) in [6, 6.07) is -0.948. The van der Waals surface area contributed by atoms with Gasteiger partial charge < -0.3 is 40.6 Å². The van der Waals surface area contributed by atoms with Crippen LogP contribution in [0, 0.1) is 0 Å². The van der Waals surface area contributed by atoms with E-state index in [1.807, 2.05) is 0 Å². The number of carbonyl (C=O) groups is 3. The SMILES string of the molecule is CCCCCCCCCCCCC(=O)OC[C@H](CSC[C@@H](N)C(=O)Nc1cn([C@H]2OC(CO)[C@@H](O)[C@@H]2O)nn1)OC(=O)CCCCCCCCCCCC. The summed E-state index contributed by atoms with van der Waals surface area (Å²) in [4.78, 5) is 38.1. The molecule has 6 N–H and O–H groups in total. The molecular weight excluding hydrogens is 715 g/mol. The number of aliphatic hydroxyl groups excluding tert-OH is 3. The lowest BCUT2D eigenvalue weighted by atomic mass is 10.1. The van der Waals surface area contributed by atoms with Gasteiger partial charge in [-0.1, -0.05) is 135 Å². The monoisotopic (exact) mass is 785 g/mol. The van der Waals surface area contributed by atoms with E-state index in [-0.39, 0.29) is 35.9 Å². The number of nitrogens with one attached hydrogen (secondary N) is 1. The molecule has 0 aliphatic carbocycles. The van der Waals surface area contributed by atoms with E-state index in [0.717, 1.165) is 43.2 Å². The van der Waals surface area contributed by atoms with Gasteiger partial charge in [-0.3, -0.25) is 14.4 Å². The highest BCUT2D eigenvalue weighted by molar-refractivity contribution is 7.99. The average molecular weight is 786 g/mol. The van der Waals surface area contributed by atoms with E-state index in [9.17, 15) is 29.7 Å². The number of thioether (sulfide) groups is 1. The number of hydrogen-bond donors (Lipinski definition) is 5. The summed E-state index contributed by atoms with van der Waals surface area (Å²) in [7, 11) is 0. The van der Waals surface area contributed by atoms with Crippen molar-refractivity contribution in [2.75, 3.05) is 30.0 Å². The Morgan fingerprint density at radius 3 is 1.85 bits per heavy atom. The van der Waals surface area contributed by atoms with E-state index in [1.54, 1.807) is 0 Å². The van der Waals surface area contributed by atoms with Gasteiger partial charge in [-0.05, 0) is 12.8 Å². The van der Waals surface area contributed by atoms with Crippen molar-refractivity contribution in [1.82, 2.24) is 15.0 Å². The van der Waals surface area contributed by atoms with Crippen LogP contribution < -0.4 is 11.1 Å². The first-order valence-corrected chi connectivity index (χ1v) is 21.9. The largest absolute Gasteiger partial charge is 0.462 e. The minimum atomic E-state index is -1.35. The third-order valence-electron chi connectivity index (χ3n) is 9.67. The lowest BCUT2D eigenvalue weighted by Crippen LogP contribution is -2.38. The Kier molecular flexibility index (Phi) is 26.5. The molecule has 14 nitrogen and oxygen atoms in total. The van der Waals surface area contributed by atoms with E-state index in [1.165, 1.54) is 108 Å². The molecule has 2 heterocycles. The minimum absolute atomic E-state index is 0.0567. The Bertz CT molecular complexity index is 1150. The first-order chi connectivity index (χ1) is 26.2. The second-order valence-corrected chi connectivity index (χ2v) is 15.7. The number of ether oxygens (including phenoxy) is 3. The van der Waals surface area contributed by atoms with E-state index >= 15 is 0 Å². The fraction of sp³-hybridized carbons (Fsp3) is 0.872. The quantitative estimate of drug-likeness (QED) is 0.0412. The minimum Gasteiger partial charge on any atom is -0.462 e. The van der Waals surface area contributed by atoms with Crippen molar-refractivity contribution in [3.63, 3.8) is 0 Å². The van der Waals surface area contributed by atoms with Crippen molar-refractivity contribution >= 4 is 35.4 Å². The van der Waals surface area contributed by atoms with Gasteiger partial charge in [-0.2, -0.15) is 11.8 Å². The van der Waals surface area contributed by atoms with Gasteiger partial charge in [0.05, 0.1) is 18.8 Å². The van der Waals surface area contributed by atoms with Gasteiger partial charge in [-0.15, -0.1) is 5.10 Å². The van der Waals surface area contributed by atoms with E-state index < -0.39 is 49.2 Å². The highest BCUT2D eigenvalue weighted by Crippen LogP contribution is 2.29. The summed E-state index contributed by atoms with van der Waals surface area (Å²) in [5.74, 6) is -0.632. The maximum atomic E-state index is 12.8. The first kappa shape index (κ1) is 47.9. The Hall–Kier alpha value is -2.30. The summed E-state index contributed by atoms with van der Waals surface area (Å²) >= 11 is 1.31. The fourth-order valence-corrected chi connectivity index (χ4v) is 7.28. The van der Waals surface area contributed by atoms with Crippen molar-refractivity contribution in [2.24, 2.45) is 5.73 Å². The number of anilines is 1. The number of aromatic nitrogens is 3. The van der Waals surface area contributed by atoms with E-state index in [2.05, 4.69) is 29.5 Å². The summed E-state index contributed by atoms with van der Waals surface area (Å²) in [6.07, 6.45) is 19.9. The molecule has 1 fully saturated rings. The molecule has 312 valence electrons. The predicted octanol–water partition coefficient (Wildman–Crippen LogP) is 5.97. The van der Waals surface area contributed by atoms with Gasteiger partial charge in [0.25, 0.3) is 0 Å². The van der Waals surface area contributed by atoms with Crippen LogP contribution in [0.2, 0.25) is 0 Å². The topological polar surface area (TPSA) is 208 Å². The predicted molar refractivity (Wildman–Crippen MR) is 211 cm³/mol. The van der Waals surface area contributed by atoms with Crippen LogP contribution in [0.1, 0.15) is 161 Å². The Balaban J connectivity index is 1.76. The molecule has 1 saturated heterocycles. The highest BCUT2D eigenvalue weighted by Gasteiger charge is 2.44. The smallest absolute Gasteiger partial charge is 0.306 e. The molecule has 54 heavy (non-hydrogen) atoms. The Labute approximate surface area is 327 Å². The number of unbranched alkanes of at least 4 members (excludes halogenated alkanes) is 18. The van der Waals surface area contributed by atoms with Crippen molar-refractivity contribution in [1.29, 1.82) is 0 Å². The van der Waals surface area contributed by atoms with Gasteiger partial charge in [0.2, 0.25) is 5.91 Å². The second-order valence-electron chi connectivity index (χ2n) is 14.6. The summed E-state index contributed by atoms with van der Waals surface area (Å²) < 4.78 is 17.9. The summed E-state index contributed by atoms with van der Waals surface area (Å²) in [6.45, 7) is 3.90. The van der Waals surface area contributed by atoms with E-state index in [4.69, 9.17) is 19.9 Å². The zero-order valence-corrected chi connectivity index (χ0v) is 33.9. The number of hydrogen-bond acceptors (Lipinski definition) is 13. The van der Waals surface area contributed by atoms with Gasteiger partial charge in [0.15, 0.2) is 12.0 Å². The van der Waals surface area contributed by atoms with Crippen LogP contribution in [0.25, 0.3) is 0 Å². The van der Waals surface area contributed by atoms with Crippen LogP contribution in [0.3, 0.4) is 0 Å². The molecule has 0 saturated carbocycles. The van der Waals surface area contributed by atoms with Crippen molar-refractivity contribution in [3.8, 4) is 0 Å². The molecule has 0 spiro atoms. The molecule has 1 aromatic rings. The normalized spacial score (nSPS) is 19.4. The Morgan fingerprint density at radius 2 is 1.33 bits per heavy atom. The van der Waals surface area contributed by atoms with E-state index in [0.29, 0.717) is 12.8 Å². The maximum absolute atomic E-state index is 12.8. The number of nitrogens with zero attached hydrogens (tertiary/aromatic N) is 3. The van der Waals surface area contributed by atoms with Gasteiger partial charge in [0, 0.05) is 24.3 Å². The standard InChI is InChI=1S/C39H71N5O9S/c1-3-5-7-9-11-13-15-17-19-21-23-34(46)51-27-30(52-35(47)24-22-20-18-16-14-12-10-8-6-4-2)28-54-29-31(40)38(50)41-33-25-44(43-42-33)39-37(49)36(48)32(26-45)53-39/h25,30-32,36-37,39,45,48-49H,3-24,26-29,40H2,1-2H3,(H,41,50)/t30-,31-,32?,36-,37+,39+/m1/s1. The number of amides is 1. The van der Waals surface area contributed by atoms with Gasteiger partial charge >= 0.3 is 11.9 Å². The maximum Gasteiger partial charge on any atom is 0.306 e. The van der Waals surface area contributed by atoms with Gasteiger partial charge in [-0.25, -0.2) is 4.68 Å². The fourth-order valence-electron chi connectivity index (χ4n) is 6.31. The third-order valence-corrected chi connectivity index (χ3v) is 10.9. The van der Waals surface area contributed by atoms with Crippen LogP contribution >= 0.6 is 11.8 Å². The Morgan fingerprint density at radius 1 is 0.815 bits per heavy atom. The van der Waals surface area contributed by atoms with Crippen molar-refractivity contribution in [3.05, 3.63) is 6.20 Å². The summed E-state index contributed by atoms with van der Waals surface area (Å²) in [5.41, 5.74) is 6.15. The number of nitrogens with two attached hydrogens (primary N) is 1. The molecule has 1 aromatic heterocycles. The van der Waals surface area contributed by atoms with Crippen LogP contribution in [-0.4, -0.2) is 103 Å². The zero-order valence-electron chi connectivity index (χ0n) is 33.0. The second kappa shape index (κ2) is 29.9. The molecule has 6 atom stereocenters. The molecule has 1 unspecified atom stereocenters. The van der Waals surface area contributed by atoms with Crippen molar-refractivity contribution in [2.45, 2.75) is 192 Å². The van der Waals surface area contributed by atoms with Crippen molar-refractivity contribution < 1.29 is 43.9 Å². The average Bonchev–Trinajstić information content (AvgIpc) is 3.74. The number of carbonyl (C=O) groups excluding carboxylic acids is 3. The molecule has 1 aliphatic rings. The molecular formula is C39H71N5O9S. The molecule has 1 amide bonds. The van der Waals surface area contributed by atoms with Crippen LogP contribution in [0.4, 0.5) is 5.82 Å². The lowest BCUT2D eigenvalue weighted by molar-refractivity contribution is -0.157. The highest BCUT2D eigenvalue weighted by atomic mass is 32.2.